The van der Waals surface area contributed by atoms with E-state index < -0.39 is 0 Å². The Kier molecular flexibility index (Phi) is 3.37. The van der Waals surface area contributed by atoms with E-state index in [-0.39, 0.29) is 12.1 Å². The molecule has 1 heterocycles. The molecule has 0 aliphatic heterocycles. The fourth-order valence-electron chi connectivity index (χ4n) is 0.963. The maximum Gasteiger partial charge on any atom is 0.0880 e. The number of aromatic nitrogens is 2. The molecule has 1 aromatic rings. The van der Waals surface area contributed by atoms with Gasteiger partial charge in [0.15, 0.2) is 0 Å². The second-order valence-electron chi connectivity index (χ2n) is 4.04. The number of hydrogen-bond acceptors (Lipinski definition) is 2. The van der Waals surface area contributed by atoms with E-state index >= 15 is 0 Å². The maximum atomic E-state index is 8.05. The first-order valence-corrected chi connectivity index (χ1v) is 4.59. The highest BCUT2D eigenvalue weighted by Crippen LogP contribution is 2.12. The second-order valence-corrected chi connectivity index (χ2v) is 4.04. The summed E-state index contributed by atoms with van der Waals surface area (Å²) in [5.74, 6) is 5.62. The van der Waals surface area contributed by atoms with E-state index in [0.717, 1.165) is 5.56 Å². The van der Waals surface area contributed by atoms with Crippen molar-refractivity contribution in [3.8, 4) is 11.8 Å². The van der Waals surface area contributed by atoms with Crippen molar-refractivity contribution in [2.45, 2.75) is 26.3 Å². The van der Waals surface area contributed by atoms with Crippen molar-refractivity contribution in [2.24, 2.45) is 5.11 Å². The topological polar surface area (TPSA) is 66.6 Å². The van der Waals surface area contributed by atoms with Crippen LogP contribution in [-0.2, 0) is 5.54 Å². The number of azide groups is 1. The molecular formula is C10H13N5. The Morgan fingerprint density at radius 3 is 2.87 bits per heavy atom. The Morgan fingerprint density at radius 1 is 1.60 bits per heavy atom. The minimum atomic E-state index is -0.0370. The number of rotatable bonds is 1. The fraction of sp³-hybridized carbons (Fsp3) is 0.500. The van der Waals surface area contributed by atoms with Gasteiger partial charge in [-0.15, -0.1) is 0 Å². The summed E-state index contributed by atoms with van der Waals surface area (Å²) >= 11 is 0. The normalized spacial score (nSPS) is 10.1. The summed E-state index contributed by atoms with van der Waals surface area (Å²) in [5, 5.41) is 7.52. The minimum absolute atomic E-state index is 0.0370. The van der Waals surface area contributed by atoms with Gasteiger partial charge in [-0.25, -0.2) is 0 Å². The lowest BCUT2D eigenvalue weighted by atomic mass is 10.1. The van der Waals surface area contributed by atoms with Crippen LogP contribution in [-0.4, -0.2) is 16.3 Å². The highest BCUT2D eigenvalue weighted by atomic mass is 15.3. The third-order valence-electron chi connectivity index (χ3n) is 1.72. The van der Waals surface area contributed by atoms with E-state index in [1.807, 2.05) is 10.9 Å². The zero-order chi connectivity index (χ0) is 11.3. The van der Waals surface area contributed by atoms with Crippen molar-refractivity contribution >= 4 is 0 Å². The molecule has 15 heavy (non-hydrogen) atoms. The van der Waals surface area contributed by atoms with Gasteiger partial charge in [0.2, 0.25) is 0 Å². The summed E-state index contributed by atoms with van der Waals surface area (Å²) in [4.78, 5) is 2.61. The maximum absolute atomic E-state index is 8.05. The van der Waals surface area contributed by atoms with Crippen LogP contribution in [0.3, 0.4) is 0 Å². The summed E-state index contributed by atoms with van der Waals surface area (Å²) in [6.07, 6.45) is 3.58. The molecule has 0 amide bonds. The van der Waals surface area contributed by atoms with Gasteiger partial charge in [0.1, 0.15) is 0 Å². The van der Waals surface area contributed by atoms with Crippen LogP contribution in [0.4, 0.5) is 0 Å². The molecule has 0 atom stereocenters. The van der Waals surface area contributed by atoms with Crippen molar-refractivity contribution in [2.75, 3.05) is 6.54 Å². The Hall–Kier alpha value is -1.92. The highest BCUT2D eigenvalue weighted by molar-refractivity contribution is 5.30. The van der Waals surface area contributed by atoms with Crippen LogP contribution in [0.5, 0.6) is 0 Å². The van der Waals surface area contributed by atoms with Gasteiger partial charge in [-0.1, -0.05) is 17.0 Å². The van der Waals surface area contributed by atoms with Crippen LogP contribution >= 0.6 is 0 Å². The number of hydrogen-bond donors (Lipinski definition) is 0. The largest absolute Gasteiger partial charge is 0.266 e. The van der Waals surface area contributed by atoms with E-state index in [1.165, 1.54) is 0 Å². The molecule has 1 rings (SSSR count). The van der Waals surface area contributed by atoms with Gasteiger partial charge >= 0.3 is 0 Å². The Labute approximate surface area is 88.7 Å². The summed E-state index contributed by atoms with van der Waals surface area (Å²) in [6, 6.07) is 0. The molecule has 0 bridgehead atoms. The van der Waals surface area contributed by atoms with E-state index in [0.29, 0.717) is 0 Å². The van der Waals surface area contributed by atoms with Gasteiger partial charge < -0.3 is 0 Å². The van der Waals surface area contributed by atoms with Crippen LogP contribution in [0, 0.1) is 11.8 Å². The average Bonchev–Trinajstić information content (AvgIpc) is 2.60. The molecule has 0 aliphatic carbocycles. The van der Waals surface area contributed by atoms with Gasteiger partial charge in [-0.05, 0) is 26.3 Å². The molecule has 0 N–H and O–H groups in total. The van der Waals surface area contributed by atoms with E-state index in [1.54, 1.807) is 6.20 Å². The molecule has 0 aliphatic rings. The minimum Gasteiger partial charge on any atom is -0.266 e. The third kappa shape index (κ3) is 3.37. The SMILES string of the molecule is CC(C)(C)n1cc(C#CCN=[N+]=[N-])cn1. The molecule has 0 spiro atoms. The first-order chi connectivity index (χ1) is 7.04. The monoisotopic (exact) mass is 203 g/mol. The molecule has 0 saturated heterocycles. The van der Waals surface area contributed by atoms with Gasteiger partial charge in [0, 0.05) is 11.1 Å². The van der Waals surface area contributed by atoms with Gasteiger partial charge in [-0.3, -0.25) is 4.68 Å². The van der Waals surface area contributed by atoms with E-state index in [2.05, 4.69) is 47.7 Å². The van der Waals surface area contributed by atoms with Crippen molar-refractivity contribution < 1.29 is 0 Å². The van der Waals surface area contributed by atoms with Gasteiger partial charge in [0.05, 0.1) is 23.8 Å². The zero-order valence-electron chi connectivity index (χ0n) is 9.10. The third-order valence-corrected chi connectivity index (χ3v) is 1.72. The van der Waals surface area contributed by atoms with Crippen LogP contribution < -0.4 is 0 Å². The summed E-state index contributed by atoms with van der Waals surface area (Å²) in [6.45, 7) is 6.39. The predicted octanol–water partition coefficient (Wildman–Crippen LogP) is 2.30. The molecule has 5 heteroatoms. The molecule has 5 nitrogen and oxygen atoms in total. The van der Waals surface area contributed by atoms with Crippen molar-refractivity contribution in [3.63, 3.8) is 0 Å². The summed E-state index contributed by atoms with van der Waals surface area (Å²) in [5.41, 5.74) is 8.84. The average molecular weight is 203 g/mol. The molecule has 0 unspecified atom stereocenters. The smallest absolute Gasteiger partial charge is 0.0880 e. The standard InChI is InChI=1S/C10H13N5/c1-10(2,3)15-8-9(7-13-15)5-4-6-12-14-11/h7-8H,6H2,1-3H3. The molecule has 0 saturated carbocycles. The molecule has 0 radical (unpaired) electrons. The first-order valence-electron chi connectivity index (χ1n) is 4.59. The highest BCUT2D eigenvalue weighted by Gasteiger charge is 2.12. The van der Waals surface area contributed by atoms with Gasteiger partial charge in [-0.2, -0.15) is 5.10 Å². The molecular weight excluding hydrogens is 190 g/mol. The molecule has 1 aromatic heterocycles. The van der Waals surface area contributed by atoms with E-state index in [4.69, 9.17) is 5.53 Å². The Balaban J connectivity index is 2.75. The summed E-state index contributed by atoms with van der Waals surface area (Å²) < 4.78 is 1.85. The molecule has 78 valence electrons. The zero-order valence-corrected chi connectivity index (χ0v) is 9.10. The quantitative estimate of drug-likeness (QED) is 0.299. The van der Waals surface area contributed by atoms with Crippen molar-refractivity contribution in [1.29, 1.82) is 0 Å². The Bertz CT molecular complexity index is 434. The lowest BCUT2D eigenvalue weighted by Gasteiger charge is -2.18. The lowest BCUT2D eigenvalue weighted by molar-refractivity contribution is 0.355. The molecule has 0 fully saturated rings. The fourth-order valence-corrected chi connectivity index (χ4v) is 0.963. The number of nitrogens with zero attached hydrogens (tertiary/aromatic N) is 5. The van der Waals surface area contributed by atoms with Crippen LogP contribution in [0.25, 0.3) is 10.4 Å². The predicted molar refractivity (Wildman–Crippen MR) is 58.1 cm³/mol. The summed E-state index contributed by atoms with van der Waals surface area (Å²) in [7, 11) is 0. The van der Waals surface area contributed by atoms with Gasteiger partial charge in [0.25, 0.3) is 0 Å². The van der Waals surface area contributed by atoms with Crippen LogP contribution in [0.15, 0.2) is 17.5 Å². The molecule has 0 aromatic carbocycles. The lowest BCUT2D eigenvalue weighted by Crippen LogP contribution is -2.21. The van der Waals surface area contributed by atoms with E-state index in [9.17, 15) is 0 Å². The van der Waals surface area contributed by atoms with Crippen molar-refractivity contribution in [3.05, 3.63) is 28.4 Å². The van der Waals surface area contributed by atoms with Crippen LogP contribution in [0.1, 0.15) is 26.3 Å². The second kappa shape index (κ2) is 4.54. The van der Waals surface area contributed by atoms with Crippen LogP contribution in [0.2, 0.25) is 0 Å². The Morgan fingerprint density at radius 2 is 2.33 bits per heavy atom. The first kappa shape index (κ1) is 11.2. The van der Waals surface area contributed by atoms with Crippen molar-refractivity contribution in [1.82, 2.24) is 9.78 Å².